The van der Waals surface area contributed by atoms with Gasteiger partial charge in [0.05, 0.1) is 6.54 Å². The van der Waals surface area contributed by atoms with E-state index < -0.39 is 11.6 Å². The highest BCUT2D eigenvalue weighted by Crippen LogP contribution is 2.40. The number of likely N-dealkylation sites (N-methyl/N-ethyl adjacent to an activating group) is 1. The third-order valence-electron chi connectivity index (χ3n) is 2.95. The average molecular weight is 221 g/mol. The van der Waals surface area contributed by atoms with E-state index in [4.69, 9.17) is 4.74 Å². The average Bonchev–Trinajstić information content (AvgIpc) is 2.55. The molecule has 1 N–H and O–H groups in total. The van der Waals surface area contributed by atoms with Crippen molar-refractivity contribution in [1.82, 2.24) is 0 Å². The normalized spacial score (nSPS) is 23.2. The van der Waals surface area contributed by atoms with Crippen molar-refractivity contribution in [2.45, 2.75) is 12.5 Å². The van der Waals surface area contributed by atoms with Crippen LogP contribution in [0.5, 0.6) is 0 Å². The van der Waals surface area contributed by atoms with Crippen LogP contribution in [0.4, 0.5) is 5.69 Å². The second kappa shape index (κ2) is 3.79. The van der Waals surface area contributed by atoms with Crippen LogP contribution in [0.3, 0.4) is 0 Å². The number of ether oxygens (including phenoxy) is 1. The molecule has 1 aromatic rings. The number of hydrogen-bond acceptors (Lipinski definition) is 3. The summed E-state index contributed by atoms with van der Waals surface area (Å²) >= 11 is 0. The van der Waals surface area contributed by atoms with Gasteiger partial charge in [0.25, 0.3) is 0 Å². The van der Waals surface area contributed by atoms with Crippen LogP contribution >= 0.6 is 0 Å². The van der Waals surface area contributed by atoms with Gasteiger partial charge in [0, 0.05) is 24.9 Å². The molecule has 0 saturated carbocycles. The Morgan fingerprint density at radius 3 is 2.88 bits per heavy atom. The van der Waals surface area contributed by atoms with Crippen molar-refractivity contribution in [2.75, 3.05) is 25.1 Å². The smallest absolute Gasteiger partial charge is 0.342 e. The molecule has 4 heteroatoms. The molecule has 0 radical (unpaired) electrons. The summed E-state index contributed by atoms with van der Waals surface area (Å²) in [5, 5.41) is 9.41. The van der Waals surface area contributed by atoms with E-state index in [2.05, 4.69) is 0 Å². The Labute approximate surface area is 94.4 Å². The highest BCUT2D eigenvalue weighted by Gasteiger charge is 2.49. The van der Waals surface area contributed by atoms with E-state index in [1.165, 1.54) is 0 Å². The zero-order valence-corrected chi connectivity index (χ0v) is 9.43. The largest absolute Gasteiger partial charge is 0.479 e. The molecule has 1 unspecified atom stereocenters. The summed E-state index contributed by atoms with van der Waals surface area (Å²) in [5.41, 5.74) is 0.463. The molecule has 1 aliphatic heterocycles. The fourth-order valence-electron chi connectivity index (χ4n) is 2.27. The summed E-state index contributed by atoms with van der Waals surface area (Å²) in [6, 6.07) is 7.48. The molecule has 1 heterocycles. The van der Waals surface area contributed by atoms with Crippen molar-refractivity contribution in [2.24, 2.45) is 0 Å². The number of anilines is 1. The maximum absolute atomic E-state index is 11.5. The first-order valence-electron chi connectivity index (χ1n) is 5.30. The Hall–Kier alpha value is -1.55. The van der Waals surface area contributed by atoms with Gasteiger partial charge in [-0.2, -0.15) is 0 Å². The van der Waals surface area contributed by atoms with E-state index in [-0.39, 0.29) is 0 Å². The molecule has 0 aliphatic carbocycles. The van der Waals surface area contributed by atoms with Gasteiger partial charge >= 0.3 is 5.97 Å². The summed E-state index contributed by atoms with van der Waals surface area (Å²) in [7, 11) is 1.88. The SMILES string of the molecule is CCOC1(C(=O)O)CN(C)c2ccccc21. The molecule has 0 saturated heterocycles. The zero-order chi connectivity index (χ0) is 11.8. The first-order valence-corrected chi connectivity index (χ1v) is 5.30. The van der Waals surface area contributed by atoms with Crippen molar-refractivity contribution in [3.63, 3.8) is 0 Å². The predicted octanol–water partition coefficient (Wildman–Crippen LogP) is 1.45. The van der Waals surface area contributed by atoms with Crippen LogP contribution in [-0.2, 0) is 15.1 Å². The summed E-state index contributed by atoms with van der Waals surface area (Å²) in [6.45, 7) is 2.55. The molecule has 4 nitrogen and oxygen atoms in total. The minimum Gasteiger partial charge on any atom is -0.479 e. The van der Waals surface area contributed by atoms with Crippen LogP contribution < -0.4 is 4.90 Å². The Morgan fingerprint density at radius 2 is 2.25 bits per heavy atom. The van der Waals surface area contributed by atoms with Crippen LogP contribution in [0.1, 0.15) is 12.5 Å². The van der Waals surface area contributed by atoms with E-state index >= 15 is 0 Å². The highest BCUT2D eigenvalue weighted by molar-refractivity contribution is 5.86. The molecule has 0 aromatic heterocycles. The molecule has 2 rings (SSSR count). The number of carbonyl (C=O) groups is 1. The van der Waals surface area contributed by atoms with Crippen molar-refractivity contribution >= 4 is 11.7 Å². The van der Waals surface area contributed by atoms with Crippen molar-refractivity contribution < 1.29 is 14.6 Å². The Morgan fingerprint density at radius 1 is 1.56 bits per heavy atom. The van der Waals surface area contributed by atoms with Crippen molar-refractivity contribution in [1.29, 1.82) is 0 Å². The number of benzene rings is 1. The van der Waals surface area contributed by atoms with E-state index in [0.29, 0.717) is 13.2 Å². The van der Waals surface area contributed by atoms with Gasteiger partial charge in [0.15, 0.2) is 0 Å². The van der Waals surface area contributed by atoms with Gasteiger partial charge in [-0.3, -0.25) is 0 Å². The van der Waals surface area contributed by atoms with Crippen molar-refractivity contribution in [3.05, 3.63) is 29.8 Å². The second-order valence-electron chi connectivity index (χ2n) is 3.94. The Balaban J connectivity index is 2.55. The molecule has 0 amide bonds. The van der Waals surface area contributed by atoms with Crippen LogP contribution in [0.15, 0.2) is 24.3 Å². The molecule has 0 bridgehead atoms. The number of nitrogens with zero attached hydrogens (tertiary/aromatic N) is 1. The van der Waals surface area contributed by atoms with E-state index in [1.54, 1.807) is 0 Å². The van der Waals surface area contributed by atoms with E-state index in [0.717, 1.165) is 11.3 Å². The monoisotopic (exact) mass is 221 g/mol. The molecular weight excluding hydrogens is 206 g/mol. The number of carboxylic acid groups (broad SMARTS) is 1. The molecule has 1 aliphatic rings. The molecule has 1 atom stereocenters. The Bertz CT molecular complexity index is 418. The second-order valence-corrected chi connectivity index (χ2v) is 3.94. The maximum Gasteiger partial charge on any atom is 0.342 e. The topological polar surface area (TPSA) is 49.8 Å². The Kier molecular flexibility index (Phi) is 2.59. The molecular formula is C12H15NO3. The van der Waals surface area contributed by atoms with Gasteiger partial charge in [0.1, 0.15) is 0 Å². The van der Waals surface area contributed by atoms with Gasteiger partial charge in [0.2, 0.25) is 5.60 Å². The first kappa shape index (κ1) is 11.0. The number of aliphatic carboxylic acids is 1. The van der Waals surface area contributed by atoms with Crippen LogP contribution in [0.2, 0.25) is 0 Å². The molecule has 0 fully saturated rings. The third-order valence-corrected chi connectivity index (χ3v) is 2.95. The van der Waals surface area contributed by atoms with Gasteiger partial charge in [-0.1, -0.05) is 18.2 Å². The van der Waals surface area contributed by atoms with Gasteiger partial charge in [-0.05, 0) is 13.0 Å². The molecule has 0 spiro atoms. The molecule has 1 aromatic carbocycles. The number of rotatable bonds is 3. The fraction of sp³-hybridized carbons (Fsp3) is 0.417. The predicted molar refractivity (Wildman–Crippen MR) is 60.7 cm³/mol. The van der Waals surface area contributed by atoms with Crippen LogP contribution in [0.25, 0.3) is 0 Å². The number of fused-ring (bicyclic) bond motifs is 1. The summed E-state index contributed by atoms with van der Waals surface area (Å²) in [4.78, 5) is 13.4. The highest BCUT2D eigenvalue weighted by atomic mass is 16.5. The lowest BCUT2D eigenvalue weighted by Gasteiger charge is -2.24. The van der Waals surface area contributed by atoms with Crippen LogP contribution in [-0.4, -0.2) is 31.3 Å². The lowest BCUT2D eigenvalue weighted by molar-refractivity contribution is -0.164. The van der Waals surface area contributed by atoms with Crippen molar-refractivity contribution in [3.8, 4) is 0 Å². The lowest BCUT2D eigenvalue weighted by Crippen LogP contribution is -2.42. The molecule has 86 valence electrons. The van der Waals surface area contributed by atoms with Gasteiger partial charge < -0.3 is 14.7 Å². The summed E-state index contributed by atoms with van der Waals surface area (Å²) < 4.78 is 5.51. The van der Waals surface area contributed by atoms with E-state index in [1.807, 2.05) is 43.1 Å². The third kappa shape index (κ3) is 1.38. The first-order chi connectivity index (χ1) is 7.62. The lowest BCUT2D eigenvalue weighted by atomic mass is 9.96. The summed E-state index contributed by atoms with van der Waals surface area (Å²) in [5.74, 6) is -0.925. The summed E-state index contributed by atoms with van der Waals surface area (Å²) in [6.07, 6.45) is 0. The maximum atomic E-state index is 11.5. The van der Waals surface area contributed by atoms with Gasteiger partial charge in [-0.15, -0.1) is 0 Å². The van der Waals surface area contributed by atoms with Crippen LogP contribution in [0, 0.1) is 0 Å². The number of para-hydroxylation sites is 1. The molecule has 16 heavy (non-hydrogen) atoms. The minimum atomic E-state index is -1.21. The number of hydrogen-bond donors (Lipinski definition) is 1. The van der Waals surface area contributed by atoms with E-state index in [9.17, 15) is 9.90 Å². The zero-order valence-electron chi connectivity index (χ0n) is 9.43. The quantitative estimate of drug-likeness (QED) is 0.839. The van der Waals surface area contributed by atoms with Gasteiger partial charge in [-0.25, -0.2) is 4.79 Å². The minimum absolute atomic E-state index is 0.357. The standard InChI is InChI=1S/C12H15NO3/c1-3-16-12(11(14)15)8-13(2)10-7-5-4-6-9(10)12/h4-7H,3,8H2,1-2H3,(H,14,15). The number of carboxylic acids is 1. The fourth-order valence-corrected chi connectivity index (χ4v) is 2.27.